The Morgan fingerprint density at radius 2 is 0.945 bits per heavy atom. The molecule has 2 nitrogen and oxygen atoms in total. The fraction of sp³-hybridized carbons (Fsp3) is 0.0943. The Morgan fingerprint density at radius 3 is 1.65 bits per heavy atom. The van der Waals surface area contributed by atoms with E-state index in [1.54, 1.807) is 0 Å². The summed E-state index contributed by atoms with van der Waals surface area (Å²) in [6.45, 7) is 7.05. The van der Waals surface area contributed by atoms with Crippen LogP contribution >= 0.6 is 0 Å². The van der Waals surface area contributed by atoms with Crippen molar-refractivity contribution in [2.75, 3.05) is 4.90 Å². The van der Waals surface area contributed by atoms with E-state index >= 15 is 0 Å². The molecular weight excluding hydrogens is 667 g/mol. The molecule has 262 valence electrons. The van der Waals surface area contributed by atoms with Crippen molar-refractivity contribution in [2.45, 2.75) is 31.6 Å². The van der Waals surface area contributed by atoms with Gasteiger partial charge in [0.1, 0.15) is 11.2 Å². The second-order valence-corrected chi connectivity index (χ2v) is 15.9. The number of anilines is 3. The van der Waals surface area contributed by atoms with Gasteiger partial charge in [0.25, 0.3) is 0 Å². The number of nitrogens with zero attached hydrogens (tertiary/aromatic N) is 1. The zero-order valence-electron chi connectivity index (χ0n) is 31.2. The van der Waals surface area contributed by atoms with Gasteiger partial charge in [-0.2, -0.15) is 0 Å². The first-order valence-electron chi connectivity index (χ1n) is 19.3. The lowest BCUT2D eigenvalue weighted by atomic mass is 9.74. The SMILES string of the molecule is CC1(C)c2ccccc2-c2ccc(-c3ccc(N(c4ccccc4)c4ccc5c(c4)oc4ccc(C6(C)c7ccccc7-c7ccccc76)cc45)cc3)cc21. The molecule has 0 spiro atoms. The molecule has 55 heavy (non-hydrogen) atoms. The van der Waals surface area contributed by atoms with E-state index in [0.717, 1.165) is 39.0 Å². The van der Waals surface area contributed by atoms with Crippen molar-refractivity contribution >= 4 is 39.0 Å². The van der Waals surface area contributed by atoms with Gasteiger partial charge in [0, 0.05) is 44.7 Å². The van der Waals surface area contributed by atoms with Gasteiger partial charge in [-0.3, -0.25) is 0 Å². The normalized spacial score (nSPS) is 14.4. The Bertz CT molecular complexity index is 2920. The maximum atomic E-state index is 6.63. The fourth-order valence-electron chi connectivity index (χ4n) is 9.69. The number of furan rings is 1. The minimum absolute atomic E-state index is 0.0336. The third-order valence-corrected chi connectivity index (χ3v) is 12.6. The highest BCUT2D eigenvalue weighted by molar-refractivity contribution is 6.06. The van der Waals surface area contributed by atoms with E-state index in [4.69, 9.17) is 4.42 Å². The maximum absolute atomic E-state index is 6.63. The standard InChI is InChI=1S/C53H39NO/c1-52(2)46-18-10-7-15-40(46)43-28-23-35(31-49(43)52)34-21-25-38(26-22-34)54(37-13-5-4-6-14-37)39-27-29-44-45-32-36(24-30-50(45)55-51(44)33-39)53(3)47-19-11-8-16-41(47)42-17-9-12-20-48(42)53/h4-33H,1-3H3. The molecule has 0 amide bonds. The zero-order valence-corrected chi connectivity index (χ0v) is 31.2. The summed E-state index contributed by atoms with van der Waals surface area (Å²) in [6, 6.07) is 66.5. The van der Waals surface area contributed by atoms with Gasteiger partial charge in [-0.15, -0.1) is 0 Å². The van der Waals surface area contributed by atoms with Gasteiger partial charge in [-0.05, 0) is 123 Å². The van der Waals surface area contributed by atoms with Crippen LogP contribution in [0.4, 0.5) is 17.1 Å². The summed E-state index contributed by atoms with van der Waals surface area (Å²) in [5.74, 6) is 0. The van der Waals surface area contributed by atoms with E-state index in [1.807, 2.05) is 0 Å². The van der Waals surface area contributed by atoms with E-state index < -0.39 is 0 Å². The van der Waals surface area contributed by atoms with Crippen LogP contribution in [0.3, 0.4) is 0 Å². The molecule has 9 aromatic rings. The van der Waals surface area contributed by atoms with Crippen molar-refractivity contribution < 1.29 is 4.42 Å². The number of benzene rings is 8. The van der Waals surface area contributed by atoms with Crippen LogP contribution in [-0.2, 0) is 10.8 Å². The maximum Gasteiger partial charge on any atom is 0.137 e. The average molecular weight is 706 g/mol. The van der Waals surface area contributed by atoms with Crippen LogP contribution < -0.4 is 4.90 Å². The van der Waals surface area contributed by atoms with Crippen LogP contribution in [0.5, 0.6) is 0 Å². The third kappa shape index (κ3) is 4.61. The largest absolute Gasteiger partial charge is 0.456 e. The molecular formula is C53H39NO. The summed E-state index contributed by atoms with van der Waals surface area (Å²) >= 11 is 0. The van der Waals surface area contributed by atoms with Crippen LogP contribution in [0.1, 0.15) is 48.6 Å². The minimum Gasteiger partial charge on any atom is -0.456 e. The summed E-state index contributed by atoms with van der Waals surface area (Å²) in [7, 11) is 0. The van der Waals surface area contributed by atoms with Crippen LogP contribution in [0.25, 0.3) is 55.3 Å². The molecule has 2 heteroatoms. The third-order valence-electron chi connectivity index (χ3n) is 12.6. The number of fused-ring (bicyclic) bond motifs is 9. The van der Waals surface area contributed by atoms with Crippen LogP contribution in [0, 0.1) is 0 Å². The number of hydrogen-bond donors (Lipinski definition) is 0. The van der Waals surface area contributed by atoms with Crippen LogP contribution in [-0.4, -0.2) is 0 Å². The highest BCUT2D eigenvalue weighted by Crippen LogP contribution is 2.53. The summed E-state index contributed by atoms with van der Waals surface area (Å²) in [4.78, 5) is 2.32. The molecule has 1 heterocycles. The molecule has 0 bridgehead atoms. The highest BCUT2D eigenvalue weighted by atomic mass is 16.3. The van der Waals surface area contributed by atoms with Gasteiger partial charge >= 0.3 is 0 Å². The van der Waals surface area contributed by atoms with Crippen molar-refractivity contribution in [1.82, 2.24) is 0 Å². The average Bonchev–Trinajstić information content (AvgIpc) is 3.81. The monoisotopic (exact) mass is 705 g/mol. The fourth-order valence-corrected chi connectivity index (χ4v) is 9.69. The molecule has 0 saturated heterocycles. The quantitative estimate of drug-likeness (QED) is 0.177. The Kier molecular flexibility index (Phi) is 6.76. The molecule has 2 aliphatic rings. The lowest BCUT2D eigenvalue weighted by molar-refractivity contribution is 0.660. The van der Waals surface area contributed by atoms with Gasteiger partial charge in [0.15, 0.2) is 0 Å². The van der Waals surface area contributed by atoms with Gasteiger partial charge in [-0.25, -0.2) is 0 Å². The van der Waals surface area contributed by atoms with Gasteiger partial charge in [0.2, 0.25) is 0 Å². The van der Waals surface area contributed by atoms with Crippen LogP contribution in [0.15, 0.2) is 186 Å². The number of rotatable bonds is 5. The lowest BCUT2D eigenvalue weighted by Gasteiger charge is -2.28. The van der Waals surface area contributed by atoms with E-state index in [2.05, 4.69) is 208 Å². The van der Waals surface area contributed by atoms with E-state index in [0.29, 0.717) is 0 Å². The van der Waals surface area contributed by atoms with Crippen molar-refractivity contribution in [3.05, 3.63) is 210 Å². The first kappa shape index (κ1) is 31.8. The molecule has 2 aliphatic carbocycles. The molecule has 0 atom stereocenters. The van der Waals surface area contributed by atoms with Crippen LogP contribution in [0.2, 0.25) is 0 Å². The number of hydrogen-bond acceptors (Lipinski definition) is 2. The van der Waals surface area contributed by atoms with Gasteiger partial charge in [0.05, 0.1) is 0 Å². The molecule has 11 rings (SSSR count). The molecule has 1 aromatic heterocycles. The summed E-state index contributed by atoms with van der Waals surface area (Å²) in [5.41, 5.74) is 19.2. The second-order valence-electron chi connectivity index (χ2n) is 15.9. The van der Waals surface area contributed by atoms with Gasteiger partial charge in [-0.1, -0.05) is 135 Å². The van der Waals surface area contributed by atoms with Crippen molar-refractivity contribution in [2.24, 2.45) is 0 Å². The highest BCUT2D eigenvalue weighted by Gasteiger charge is 2.40. The van der Waals surface area contributed by atoms with E-state index in [9.17, 15) is 0 Å². The van der Waals surface area contributed by atoms with Crippen molar-refractivity contribution in [3.63, 3.8) is 0 Å². The first-order chi connectivity index (χ1) is 26.9. The Labute approximate surface area is 322 Å². The Morgan fingerprint density at radius 1 is 0.382 bits per heavy atom. The zero-order chi connectivity index (χ0) is 36.9. The molecule has 0 saturated carbocycles. The molecule has 0 fully saturated rings. The predicted molar refractivity (Wildman–Crippen MR) is 229 cm³/mol. The molecule has 0 radical (unpaired) electrons. The van der Waals surface area contributed by atoms with E-state index in [-0.39, 0.29) is 10.8 Å². The molecule has 0 unspecified atom stereocenters. The second kappa shape index (κ2) is 11.7. The van der Waals surface area contributed by atoms with Crippen molar-refractivity contribution in [1.29, 1.82) is 0 Å². The Balaban J connectivity index is 0.976. The first-order valence-corrected chi connectivity index (χ1v) is 19.3. The Hall–Kier alpha value is -6.64. The summed E-state index contributed by atoms with van der Waals surface area (Å²) < 4.78 is 6.63. The minimum atomic E-state index is -0.262. The van der Waals surface area contributed by atoms with Gasteiger partial charge < -0.3 is 9.32 Å². The lowest BCUT2D eigenvalue weighted by Crippen LogP contribution is -2.22. The van der Waals surface area contributed by atoms with Crippen molar-refractivity contribution in [3.8, 4) is 33.4 Å². The molecule has 8 aromatic carbocycles. The summed E-state index contributed by atoms with van der Waals surface area (Å²) in [6.07, 6.45) is 0. The smallest absolute Gasteiger partial charge is 0.137 e. The molecule has 0 aliphatic heterocycles. The number of para-hydroxylation sites is 1. The summed E-state index contributed by atoms with van der Waals surface area (Å²) in [5, 5.41) is 2.26. The predicted octanol–water partition coefficient (Wildman–Crippen LogP) is 14.4. The topological polar surface area (TPSA) is 16.4 Å². The molecule has 0 N–H and O–H groups in total. The van der Waals surface area contributed by atoms with E-state index in [1.165, 1.54) is 61.2 Å².